The second-order valence-corrected chi connectivity index (χ2v) is 6.33. The number of ether oxygens (including phenoxy) is 1. The topological polar surface area (TPSA) is 46.7 Å². The summed E-state index contributed by atoms with van der Waals surface area (Å²) in [7, 11) is 1.66. The molecule has 1 saturated heterocycles. The maximum absolute atomic E-state index is 5.66. The summed E-state index contributed by atoms with van der Waals surface area (Å²) in [6, 6.07) is 7.91. The molecule has 0 radical (unpaired) electrons. The summed E-state index contributed by atoms with van der Waals surface area (Å²) in [5.74, 6) is 1.49. The molecule has 0 N–H and O–H groups in total. The fraction of sp³-hybridized carbons (Fsp3) is 0.529. The zero-order chi connectivity index (χ0) is 16.9. The number of likely N-dealkylation sites (N-methyl/N-ethyl adjacent to an activating group) is 1. The van der Waals surface area contributed by atoms with Crippen LogP contribution >= 0.6 is 12.2 Å². The number of nitrogens with zero attached hydrogens (tertiary/aromatic N) is 4. The lowest BCUT2D eigenvalue weighted by molar-refractivity contribution is 0.105. The molecule has 0 aliphatic carbocycles. The number of hydrogen-bond acceptors (Lipinski definition) is 6. The second kappa shape index (κ2) is 7.92. The third-order valence-corrected chi connectivity index (χ3v) is 4.70. The van der Waals surface area contributed by atoms with Gasteiger partial charge in [-0.25, -0.2) is 4.68 Å². The molecule has 7 heteroatoms. The van der Waals surface area contributed by atoms with Crippen LogP contribution in [0.4, 0.5) is 0 Å². The Morgan fingerprint density at radius 1 is 1.12 bits per heavy atom. The van der Waals surface area contributed by atoms with Crippen molar-refractivity contribution in [2.45, 2.75) is 20.0 Å². The number of benzene rings is 1. The smallest absolute Gasteiger partial charge is 0.288 e. The van der Waals surface area contributed by atoms with E-state index in [-0.39, 0.29) is 0 Å². The first-order valence-electron chi connectivity index (χ1n) is 8.32. The van der Waals surface area contributed by atoms with Gasteiger partial charge in [-0.1, -0.05) is 19.1 Å². The lowest BCUT2D eigenvalue weighted by atomic mass is 10.1. The summed E-state index contributed by atoms with van der Waals surface area (Å²) in [6.07, 6.45) is 0.629. The molecule has 3 rings (SSSR count). The Morgan fingerprint density at radius 3 is 2.42 bits per heavy atom. The van der Waals surface area contributed by atoms with Crippen molar-refractivity contribution in [1.29, 1.82) is 0 Å². The zero-order valence-electron chi connectivity index (χ0n) is 14.3. The van der Waals surface area contributed by atoms with Gasteiger partial charge in [0.15, 0.2) is 0 Å². The van der Waals surface area contributed by atoms with Gasteiger partial charge in [0.25, 0.3) is 4.84 Å². The fourth-order valence-corrected chi connectivity index (χ4v) is 3.06. The highest BCUT2D eigenvalue weighted by Crippen LogP contribution is 2.14. The van der Waals surface area contributed by atoms with Crippen molar-refractivity contribution in [3.05, 3.63) is 40.6 Å². The van der Waals surface area contributed by atoms with Gasteiger partial charge in [0.1, 0.15) is 5.75 Å². The molecule has 0 saturated carbocycles. The van der Waals surface area contributed by atoms with E-state index in [1.54, 1.807) is 11.8 Å². The SMILES string of the molecule is CCN1CCN(Cn2nc(Cc3ccc(OC)cc3)oc2=S)CC1. The summed E-state index contributed by atoms with van der Waals surface area (Å²) in [5, 5.41) is 4.54. The molecule has 1 fully saturated rings. The van der Waals surface area contributed by atoms with Gasteiger partial charge < -0.3 is 14.1 Å². The van der Waals surface area contributed by atoms with Gasteiger partial charge in [0, 0.05) is 26.2 Å². The minimum atomic E-state index is 0.441. The molecule has 2 aromatic rings. The standard InChI is InChI=1S/C17H24N4O2S/c1-3-19-8-10-20(11-9-19)13-21-17(24)23-16(18-21)12-14-4-6-15(22-2)7-5-14/h4-7H,3,8-13H2,1-2H3. The van der Waals surface area contributed by atoms with Gasteiger partial charge >= 0.3 is 0 Å². The minimum Gasteiger partial charge on any atom is -0.497 e. The Hall–Kier alpha value is -1.70. The molecule has 0 amide bonds. The second-order valence-electron chi connectivity index (χ2n) is 5.98. The number of aromatic nitrogens is 2. The molecule has 0 atom stereocenters. The average Bonchev–Trinajstić information content (AvgIpc) is 2.95. The van der Waals surface area contributed by atoms with Crippen molar-refractivity contribution in [2.24, 2.45) is 0 Å². The lowest BCUT2D eigenvalue weighted by Crippen LogP contribution is -2.46. The predicted octanol–water partition coefficient (Wildman–Crippen LogP) is 2.40. The van der Waals surface area contributed by atoms with Crippen molar-refractivity contribution < 1.29 is 9.15 Å². The molecule has 0 bridgehead atoms. The third kappa shape index (κ3) is 4.23. The van der Waals surface area contributed by atoms with Crippen LogP contribution in [0, 0.1) is 4.84 Å². The van der Waals surface area contributed by atoms with Crippen molar-refractivity contribution in [3.8, 4) is 5.75 Å². The van der Waals surface area contributed by atoms with Crippen LogP contribution in [0.3, 0.4) is 0 Å². The molecule has 1 aliphatic rings. The van der Waals surface area contributed by atoms with Gasteiger partial charge in [0.05, 0.1) is 20.2 Å². The highest BCUT2D eigenvalue weighted by atomic mass is 32.1. The van der Waals surface area contributed by atoms with Crippen molar-refractivity contribution in [3.63, 3.8) is 0 Å². The van der Waals surface area contributed by atoms with Crippen LogP contribution in [0.2, 0.25) is 0 Å². The molecule has 1 aromatic carbocycles. The molecule has 0 spiro atoms. The van der Waals surface area contributed by atoms with Crippen LogP contribution in [-0.2, 0) is 13.1 Å². The quantitative estimate of drug-likeness (QED) is 0.747. The summed E-state index contributed by atoms with van der Waals surface area (Å²) < 4.78 is 12.6. The Kier molecular flexibility index (Phi) is 5.65. The molecule has 24 heavy (non-hydrogen) atoms. The molecule has 130 valence electrons. The van der Waals surface area contributed by atoms with E-state index in [0.29, 0.717) is 23.8 Å². The average molecular weight is 348 g/mol. The third-order valence-electron chi connectivity index (χ3n) is 4.41. The van der Waals surface area contributed by atoms with E-state index >= 15 is 0 Å². The number of piperazine rings is 1. The van der Waals surface area contributed by atoms with Crippen LogP contribution in [-0.4, -0.2) is 59.4 Å². The first-order chi connectivity index (χ1) is 11.7. The molecule has 2 heterocycles. The van der Waals surface area contributed by atoms with E-state index in [4.69, 9.17) is 21.4 Å². The Labute approximate surface area is 147 Å². The highest BCUT2D eigenvalue weighted by molar-refractivity contribution is 7.71. The van der Waals surface area contributed by atoms with Gasteiger partial charge in [-0.3, -0.25) is 4.90 Å². The maximum Gasteiger partial charge on any atom is 0.288 e. The zero-order valence-corrected chi connectivity index (χ0v) is 15.1. The van der Waals surface area contributed by atoms with E-state index < -0.39 is 0 Å². The van der Waals surface area contributed by atoms with E-state index in [9.17, 15) is 0 Å². The number of rotatable bonds is 6. The molecular weight excluding hydrogens is 324 g/mol. The van der Waals surface area contributed by atoms with Crippen LogP contribution in [0.25, 0.3) is 0 Å². The van der Waals surface area contributed by atoms with Crippen LogP contribution < -0.4 is 4.74 Å². The van der Waals surface area contributed by atoms with Gasteiger partial charge in [-0.2, -0.15) is 0 Å². The predicted molar refractivity (Wildman–Crippen MR) is 94.8 cm³/mol. The van der Waals surface area contributed by atoms with Gasteiger partial charge in [-0.15, -0.1) is 5.10 Å². The van der Waals surface area contributed by atoms with E-state index in [2.05, 4.69) is 21.8 Å². The normalized spacial score (nSPS) is 16.4. The summed E-state index contributed by atoms with van der Waals surface area (Å²) in [5.41, 5.74) is 1.12. The molecular formula is C17H24N4O2S. The molecule has 6 nitrogen and oxygen atoms in total. The monoisotopic (exact) mass is 348 g/mol. The van der Waals surface area contributed by atoms with Crippen LogP contribution in [0.1, 0.15) is 18.4 Å². The Morgan fingerprint density at radius 2 is 1.79 bits per heavy atom. The van der Waals surface area contributed by atoms with Crippen LogP contribution in [0.15, 0.2) is 28.7 Å². The van der Waals surface area contributed by atoms with E-state index in [1.807, 2.05) is 24.3 Å². The summed E-state index contributed by atoms with van der Waals surface area (Å²) in [4.78, 5) is 5.26. The number of hydrogen-bond donors (Lipinski definition) is 0. The minimum absolute atomic E-state index is 0.441. The Balaban J connectivity index is 1.61. The van der Waals surface area contributed by atoms with Crippen molar-refractivity contribution in [1.82, 2.24) is 19.6 Å². The molecule has 1 aliphatic heterocycles. The first kappa shape index (κ1) is 17.1. The molecule has 1 aromatic heterocycles. The number of methoxy groups -OCH3 is 1. The maximum atomic E-state index is 5.66. The summed E-state index contributed by atoms with van der Waals surface area (Å²) >= 11 is 5.32. The summed E-state index contributed by atoms with van der Waals surface area (Å²) in [6.45, 7) is 8.29. The van der Waals surface area contributed by atoms with Gasteiger partial charge in [0.2, 0.25) is 5.89 Å². The fourth-order valence-electron chi connectivity index (χ4n) is 2.86. The van der Waals surface area contributed by atoms with Crippen molar-refractivity contribution >= 4 is 12.2 Å². The Bertz CT molecular complexity index is 702. The van der Waals surface area contributed by atoms with E-state index in [1.165, 1.54) is 0 Å². The van der Waals surface area contributed by atoms with Crippen LogP contribution in [0.5, 0.6) is 5.75 Å². The van der Waals surface area contributed by atoms with Gasteiger partial charge in [-0.05, 0) is 36.5 Å². The largest absolute Gasteiger partial charge is 0.497 e. The highest BCUT2D eigenvalue weighted by Gasteiger charge is 2.17. The van der Waals surface area contributed by atoms with E-state index in [0.717, 1.165) is 44.0 Å². The molecule has 0 unspecified atom stereocenters. The van der Waals surface area contributed by atoms with Crippen molar-refractivity contribution in [2.75, 3.05) is 39.8 Å². The lowest BCUT2D eigenvalue weighted by Gasteiger charge is -2.33. The first-order valence-corrected chi connectivity index (χ1v) is 8.73.